The number of nitrogens with one attached hydrogen (secondary N) is 2. The number of carbonyl (C=O) groups excluding carboxylic acids is 1. The average Bonchev–Trinajstić information content (AvgIpc) is 2.57. The highest BCUT2D eigenvalue weighted by Gasteiger charge is 2.10. The van der Waals surface area contributed by atoms with Gasteiger partial charge >= 0.3 is 0 Å². The van der Waals surface area contributed by atoms with E-state index >= 15 is 0 Å². The second kappa shape index (κ2) is 9.23. The van der Waals surface area contributed by atoms with Crippen LogP contribution in [-0.2, 0) is 11.2 Å². The number of rotatable bonds is 6. The zero-order chi connectivity index (χ0) is 18.2. The molecule has 25 heavy (non-hydrogen) atoms. The van der Waals surface area contributed by atoms with Gasteiger partial charge < -0.3 is 10.6 Å². The molecule has 2 aromatic rings. The van der Waals surface area contributed by atoms with Crippen molar-refractivity contribution in [1.29, 1.82) is 5.26 Å². The normalized spacial score (nSPS) is 10.9. The van der Waals surface area contributed by atoms with Crippen molar-refractivity contribution in [2.75, 3.05) is 11.9 Å². The van der Waals surface area contributed by atoms with Crippen LogP contribution in [0.2, 0.25) is 0 Å². The van der Waals surface area contributed by atoms with Crippen molar-refractivity contribution in [3.63, 3.8) is 0 Å². The summed E-state index contributed by atoms with van der Waals surface area (Å²) in [5, 5.41) is 15.0. The molecule has 1 amide bonds. The van der Waals surface area contributed by atoms with Gasteiger partial charge in [-0.1, -0.05) is 29.8 Å². The van der Waals surface area contributed by atoms with E-state index in [1.54, 1.807) is 0 Å². The van der Waals surface area contributed by atoms with E-state index in [1.807, 2.05) is 37.3 Å². The lowest BCUT2D eigenvalue weighted by Crippen LogP contribution is -2.18. The molecule has 128 valence electrons. The number of amides is 1. The van der Waals surface area contributed by atoms with Gasteiger partial charge in [-0.15, -0.1) is 0 Å². The minimum Gasteiger partial charge on any atom is -0.389 e. The molecule has 0 fully saturated rings. The number of nitrogens with zero attached hydrogens (tertiary/aromatic N) is 1. The molecule has 2 aromatic carbocycles. The number of hydrogen-bond acceptors (Lipinski definition) is 3. The number of anilines is 1. The van der Waals surface area contributed by atoms with Crippen LogP contribution in [0.15, 0.2) is 54.2 Å². The molecule has 0 bridgehead atoms. The third kappa shape index (κ3) is 5.91. The van der Waals surface area contributed by atoms with E-state index in [4.69, 9.17) is 0 Å². The summed E-state index contributed by atoms with van der Waals surface area (Å²) in [4.78, 5) is 12.2. The van der Waals surface area contributed by atoms with E-state index in [-0.39, 0.29) is 5.57 Å². The lowest BCUT2D eigenvalue weighted by atomic mass is 10.1. The molecule has 5 heteroatoms. The zero-order valence-electron chi connectivity index (χ0n) is 14.3. The molecule has 0 aromatic heterocycles. The van der Waals surface area contributed by atoms with Gasteiger partial charge in [-0.2, -0.15) is 5.26 Å². The maximum atomic E-state index is 12.2. The van der Waals surface area contributed by atoms with Crippen LogP contribution in [-0.4, -0.2) is 12.5 Å². The fourth-order valence-corrected chi connectivity index (χ4v) is 3.01. The molecular formula is C20H20IN3O. The molecule has 0 radical (unpaired) electrons. The molecule has 0 aliphatic carbocycles. The SMILES string of the molecule is Cc1cccc(CCN/C=C(/C#N)C(=O)Nc2ccc(I)cc2C)c1. The maximum absolute atomic E-state index is 12.2. The van der Waals surface area contributed by atoms with Crippen molar-refractivity contribution in [3.8, 4) is 6.07 Å². The molecule has 0 aliphatic rings. The van der Waals surface area contributed by atoms with Crippen molar-refractivity contribution in [2.24, 2.45) is 0 Å². The fraction of sp³-hybridized carbons (Fsp3) is 0.200. The van der Waals surface area contributed by atoms with E-state index in [0.29, 0.717) is 12.2 Å². The largest absolute Gasteiger partial charge is 0.389 e. The van der Waals surface area contributed by atoms with E-state index in [1.165, 1.54) is 17.3 Å². The van der Waals surface area contributed by atoms with Crippen LogP contribution in [0.5, 0.6) is 0 Å². The standard InChI is InChI=1S/C20H20IN3O/c1-14-4-3-5-16(10-14)8-9-23-13-17(12-22)20(25)24-19-7-6-18(21)11-15(19)2/h3-7,10-11,13,23H,8-9H2,1-2H3,(H,24,25)/b17-13-. The third-order valence-corrected chi connectivity index (χ3v) is 4.36. The Labute approximate surface area is 162 Å². The number of carbonyl (C=O) groups is 1. The summed E-state index contributed by atoms with van der Waals surface area (Å²) in [6.45, 7) is 4.64. The number of aryl methyl sites for hydroxylation is 2. The van der Waals surface area contributed by atoms with Crippen molar-refractivity contribution in [2.45, 2.75) is 20.3 Å². The second-order valence-electron chi connectivity index (χ2n) is 5.78. The van der Waals surface area contributed by atoms with Gasteiger partial charge in [0.05, 0.1) is 0 Å². The average molecular weight is 445 g/mol. The molecule has 4 nitrogen and oxygen atoms in total. The van der Waals surface area contributed by atoms with Gasteiger partial charge in [0, 0.05) is 22.0 Å². The van der Waals surface area contributed by atoms with Gasteiger partial charge in [-0.3, -0.25) is 4.79 Å². The van der Waals surface area contributed by atoms with Crippen molar-refractivity contribution in [1.82, 2.24) is 5.32 Å². The summed E-state index contributed by atoms with van der Waals surface area (Å²) in [5.74, 6) is -0.408. The Bertz CT molecular complexity index is 837. The van der Waals surface area contributed by atoms with Crippen LogP contribution < -0.4 is 10.6 Å². The number of hydrogen-bond donors (Lipinski definition) is 2. The highest BCUT2D eigenvalue weighted by atomic mass is 127. The lowest BCUT2D eigenvalue weighted by molar-refractivity contribution is -0.112. The van der Waals surface area contributed by atoms with Gasteiger partial charge in [0.1, 0.15) is 11.6 Å². The maximum Gasteiger partial charge on any atom is 0.267 e. The highest BCUT2D eigenvalue weighted by molar-refractivity contribution is 14.1. The number of halogens is 1. The van der Waals surface area contributed by atoms with Gasteiger partial charge in [0.15, 0.2) is 0 Å². The van der Waals surface area contributed by atoms with Crippen LogP contribution in [0.1, 0.15) is 16.7 Å². The minimum atomic E-state index is -0.408. The summed E-state index contributed by atoms with van der Waals surface area (Å²) < 4.78 is 1.10. The first kappa shape index (κ1) is 19.0. The topological polar surface area (TPSA) is 64.9 Å². The molecular weight excluding hydrogens is 425 g/mol. The van der Waals surface area contributed by atoms with Crippen LogP contribution in [0.4, 0.5) is 5.69 Å². The Kier molecular flexibility index (Phi) is 7.02. The fourth-order valence-electron chi connectivity index (χ4n) is 2.36. The van der Waals surface area contributed by atoms with Crippen LogP contribution in [0.25, 0.3) is 0 Å². The summed E-state index contributed by atoms with van der Waals surface area (Å²) >= 11 is 2.22. The first-order chi connectivity index (χ1) is 12.0. The number of nitriles is 1. The van der Waals surface area contributed by atoms with Gasteiger partial charge in [0.2, 0.25) is 0 Å². The first-order valence-corrected chi connectivity index (χ1v) is 9.04. The lowest BCUT2D eigenvalue weighted by Gasteiger charge is -2.08. The van der Waals surface area contributed by atoms with Gasteiger partial charge in [0.25, 0.3) is 5.91 Å². The molecule has 0 aliphatic heterocycles. The third-order valence-electron chi connectivity index (χ3n) is 3.69. The zero-order valence-corrected chi connectivity index (χ0v) is 16.4. The van der Waals surface area contributed by atoms with Crippen molar-refractivity contribution < 1.29 is 4.79 Å². The quantitative estimate of drug-likeness (QED) is 0.305. The summed E-state index contributed by atoms with van der Waals surface area (Å²) in [7, 11) is 0. The highest BCUT2D eigenvalue weighted by Crippen LogP contribution is 2.18. The summed E-state index contributed by atoms with van der Waals surface area (Å²) in [6, 6.07) is 16.0. The summed E-state index contributed by atoms with van der Waals surface area (Å²) in [6.07, 6.45) is 2.31. The molecule has 0 spiro atoms. The Balaban J connectivity index is 1.92. The van der Waals surface area contributed by atoms with Gasteiger partial charge in [-0.05, 0) is 72.2 Å². The minimum absolute atomic E-state index is 0.0576. The van der Waals surface area contributed by atoms with Crippen molar-refractivity contribution in [3.05, 3.63) is 74.5 Å². The smallest absolute Gasteiger partial charge is 0.267 e. The Morgan fingerprint density at radius 1 is 1.24 bits per heavy atom. The predicted molar refractivity (Wildman–Crippen MR) is 109 cm³/mol. The van der Waals surface area contributed by atoms with E-state index in [0.717, 1.165) is 15.6 Å². The van der Waals surface area contributed by atoms with Crippen molar-refractivity contribution >= 4 is 34.2 Å². The van der Waals surface area contributed by atoms with E-state index in [9.17, 15) is 10.1 Å². The summed E-state index contributed by atoms with van der Waals surface area (Å²) in [5.41, 5.74) is 4.18. The van der Waals surface area contributed by atoms with Crippen LogP contribution in [0.3, 0.4) is 0 Å². The molecule has 0 heterocycles. The molecule has 0 saturated carbocycles. The van der Waals surface area contributed by atoms with E-state index in [2.05, 4.69) is 58.3 Å². The molecule has 0 atom stereocenters. The molecule has 2 N–H and O–H groups in total. The van der Waals surface area contributed by atoms with Crippen LogP contribution >= 0.6 is 22.6 Å². The first-order valence-electron chi connectivity index (χ1n) is 7.96. The predicted octanol–water partition coefficient (Wildman–Crippen LogP) is 4.09. The molecule has 0 unspecified atom stereocenters. The second-order valence-corrected chi connectivity index (χ2v) is 7.02. The van der Waals surface area contributed by atoms with Crippen LogP contribution in [0, 0.1) is 28.7 Å². The Morgan fingerprint density at radius 3 is 2.72 bits per heavy atom. The Hall–Kier alpha value is -2.33. The molecule has 0 saturated heterocycles. The Morgan fingerprint density at radius 2 is 2.04 bits per heavy atom. The molecule has 2 rings (SSSR count). The van der Waals surface area contributed by atoms with E-state index < -0.39 is 5.91 Å². The van der Waals surface area contributed by atoms with Gasteiger partial charge in [-0.25, -0.2) is 0 Å². The monoisotopic (exact) mass is 445 g/mol. The number of benzene rings is 2.